The number of aliphatic hydroxyl groups excluding tert-OH is 2. The Morgan fingerprint density at radius 3 is 1.25 bits per heavy atom. The third-order valence-corrected chi connectivity index (χ3v) is 14.8. The number of azo groups is 2. The summed E-state index contributed by atoms with van der Waals surface area (Å²) in [6.45, 7) is 9.83. The molecule has 0 aliphatic carbocycles. The van der Waals surface area contributed by atoms with Crippen molar-refractivity contribution in [2.75, 3.05) is 106 Å². The summed E-state index contributed by atoms with van der Waals surface area (Å²) in [5, 5.41) is 46.5. The molecule has 0 aliphatic rings. The van der Waals surface area contributed by atoms with Crippen molar-refractivity contribution in [3.8, 4) is 23.0 Å². The van der Waals surface area contributed by atoms with Crippen molar-refractivity contribution in [1.29, 1.82) is 0 Å². The smallest absolute Gasteiger partial charge is 0.298 e. The van der Waals surface area contributed by atoms with Crippen molar-refractivity contribution in [3.05, 3.63) is 48.5 Å². The fourth-order valence-corrected chi connectivity index (χ4v) is 10.4. The first-order valence-corrected chi connectivity index (χ1v) is 27.3. The second-order valence-corrected chi connectivity index (χ2v) is 20.0. The van der Waals surface area contributed by atoms with E-state index in [1.54, 1.807) is 29.2 Å². The third kappa shape index (κ3) is 12.3. The van der Waals surface area contributed by atoms with Crippen LogP contribution in [-0.2, 0) is 20.2 Å². The topological polar surface area (TPSA) is 334 Å². The molecule has 7 rings (SSSR count). The fourth-order valence-electron chi connectivity index (χ4n) is 7.78. The van der Waals surface area contributed by atoms with Crippen LogP contribution in [0, 0.1) is 0 Å². The SMILES string of the molecule is CCN(CC)c1cc(Nc2nc(Nc3cc(N(CC)CC)c(OC)cc3/N=N/c3snc4cc(S(=O)(=O)O)c(OC)cc34)nc(N(CCO)CCO)n2)c(/N=N/c2snc3cc(S(=O)(=O)O)c(OC)cc23)cc1OC. The molecule has 26 nitrogen and oxygen atoms in total. The van der Waals surface area contributed by atoms with E-state index in [1.165, 1.54) is 52.7 Å². The Morgan fingerprint density at radius 1 is 0.533 bits per heavy atom. The standard InChI is InChI=1S/C45H54N14O12S4/c1-9-57(10-2)33-19-29(31(21-35(33)68-5)51-53-41-25-17-37(70-7)39(74(62,63)64)23-27(25)55-72-41)46-43-48-44(50-45(49-43)59(13-15-60)14-16-61)47-30-20-34(58(11-3)12-4)36(69-6)22-32(30)52-54-42-26-18-38(71-8)40(75(65,66)67)24-28(26)56-73-42/h17-24,60-61H,9-16H2,1-8H3,(H,62,63,64)(H,65,66,67)(H2,46,47,48,49,50)/b53-51+,54-52+. The van der Waals surface area contributed by atoms with E-state index in [1.807, 2.05) is 27.7 Å². The molecule has 0 fully saturated rings. The van der Waals surface area contributed by atoms with E-state index < -0.39 is 30.0 Å². The van der Waals surface area contributed by atoms with Crippen LogP contribution < -0.4 is 44.3 Å². The molecule has 0 bridgehead atoms. The summed E-state index contributed by atoms with van der Waals surface area (Å²) >= 11 is 1.87. The fraction of sp³-hybridized carbons (Fsp3) is 0.356. The van der Waals surface area contributed by atoms with Gasteiger partial charge in [0.15, 0.2) is 10.0 Å². The van der Waals surface area contributed by atoms with Crippen LogP contribution in [0.1, 0.15) is 27.7 Å². The van der Waals surface area contributed by atoms with Gasteiger partial charge in [-0.25, -0.2) is 0 Å². The first-order valence-electron chi connectivity index (χ1n) is 22.9. The highest BCUT2D eigenvalue weighted by Crippen LogP contribution is 2.45. The number of aliphatic hydroxyl groups is 2. The highest BCUT2D eigenvalue weighted by atomic mass is 32.2. The number of hydrogen-bond donors (Lipinski definition) is 6. The predicted molar refractivity (Wildman–Crippen MR) is 286 cm³/mol. The number of benzene rings is 4. The highest BCUT2D eigenvalue weighted by Gasteiger charge is 2.24. The maximum absolute atomic E-state index is 12.1. The molecule has 3 heterocycles. The van der Waals surface area contributed by atoms with Gasteiger partial charge in [0.1, 0.15) is 44.2 Å². The van der Waals surface area contributed by atoms with Gasteiger partial charge in [-0.2, -0.15) is 40.5 Å². The molecule has 0 atom stereocenters. The predicted octanol–water partition coefficient (Wildman–Crippen LogP) is 8.42. The molecule has 6 N–H and O–H groups in total. The van der Waals surface area contributed by atoms with E-state index in [-0.39, 0.29) is 88.1 Å². The van der Waals surface area contributed by atoms with Crippen LogP contribution in [0.15, 0.2) is 78.8 Å². The number of hydrogen-bond acceptors (Lipinski definition) is 26. The second-order valence-electron chi connectivity index (χ2n) is 15.8. The minimum atomic E-state index is -4.65. The third-order valence-electron chi connectivity index (χ3n) is 11.5. The van der Waals surface area contributed by atoms with E-state index in [0.29, 0.717) is 71.2 Å². The number of ether oxygens (including phenoxy) is 4. The van der Waals surface area contributed by atoms with E-state index in [9.17, 15) is 36.2 Å². The molecular formula is C45H54N14O12S4. The average molecular weight is 1110 g/mol. The molecule has 0 amide bonds. The number of methoxy groups -OCH3 is 4. The molecule has 0 aliphatic heterocycles. The lowest BCUT2D eigenvalue weighted by Crippen LogP contribution is -2.31. The molecule has 0 spiro atoms. The van der Waals surface area contributed by atoms with Crippen LogP contribution in [0.5, 0.6) is 23.0 Å². The molecule has 7 aromatic rings. The molecular weight excluding hydrogens is 1060 g/mol. The van der Waals surface area contributed by atoms with Crippen LogP contribution in [0.3, 0.4) is 0 Å². The molecule has 0 saturated carbocycles. The minimum Gasteiger partial charge on any atom is -0.495 e. The van der Waals surface area contributed by atoms with Crippen LogP contribution >= 0.6 is 23.1 Å². The van der Waals surface area contributed by atoms with Crippen LogP contribution in [0.4, 0.5) is 62.0 Å². The molecule has 4 aromatic carbocycles. The van der Waals surface area contributed by atoms with Crippen molar-refractivity contribution in [2.24, 2.45) is 20.5 Å². The van der Waals surface area contributed by atoms with Gasteiger partial charge >= 0.3 is 0 Å². The molecule has 30 heteroatoms. The molecule has 0 saturated heterocycles. The number of aromatic nitrogens is 5. The lowest BCUT2D eigenvalue weighted by molar-refractivity contribution is 0.280. The summed E-state index contributed by atoms with van der Waals surface area (Å²) in [7, 11) is -3.71. The van der Waals surface area contributed by atoms with E-state index in [0.717, 1.165) is 23.1 Å². The summed E-state index contributed by atoms with van der Waals surface area (Å²) < 4.78 is 99.2. The average Bonchev–Trinajstić information content (AvgIpc) is 3.99. The van der Waals surface area contributed by atoms with Gasteiger partial charge in [-0.3, -0.25) is 9.11 Å². The Kier molecular flexibility index (Phi) is 17.8. The van der Waals surface area contributed by atoms with Crippen LogP contribution in [0.2, 0.25) is 0 Å². The van der Waals surface area contributed by atoms with Crippen molar-refractivity contribution in [1.82, 2.24) is 23.7 Å². The van der Waals surface area contributed by atoms with Gasteiger partial charge in [-0.05, 0) is 87.2 Å². The van der Waals surface area contributed by atoms with Gasteiger partial charge in [0.05, 0.1) is 75.4 Å². The highest BCUT2D eigenvalue weighted by molar-refractivity contribution is 7.86. The van der Waals surface area contributed by atoms with Crippen molar-refractivity contribution in [2.45, 2.75) is 37.5 Å². The Morgan fingerprint density at radius 2 is 0.920 bits per heavy atom. The van der Waals surface area contributed by atoms with E-state index >= 15 is 0 Å². The molecule has 400 valence electrons. The Bertz CT molecular complexity index is 3260. The lowest BCUT2D eigenvalue weighted by atomic mass is 10.2. The van der Waals surface area contributed by atoms with Crippen LogP contribution in [0.25, 0.3) is 21.8 Å². The summed E-state index contributed by atoms with van der Waals surface area (Å²) in [6, 6.07) is 12.1. The first kappa shape index (κ1) is 55.6. The molecule has 75 heavy (non-hydrogen) atoms. The minimum absolute atomic E-state index is 0.0174. The first-order chi connectivity index (χ1) is 35.9. The van der Waals surface area contributed by atoms with Gasteiger partial charge in [0.25, 0.3) is 20.2 Å². The Labute approximate surface area is 439 Å². The zero-order valence-corrected chi connectivity index (χ0v) is 45.1. The second kappa shape index (κ2) is 24.0. The molecule has 0 unspecified atom stereocenters. The largest absolute Gasteiger partial charge is 0.495 e. The summed E-state index contributed by atoms with van der Waals surface area (Å²) in [6.07, 6.45) is 0. The van der Waals surface area contributed by atoms with E-state index in [2.05, 4.69) is 49.6 Å². The molecule has 0 radical (unpaired) electrons. The number of nitrogens with one attached hydrogen (secondary N) is 2. The van der Waals surface area contributed by atoms with Gasteiger partial charge < -0.3 is 54.5 Å². The molecule has 3 aromatic heterocycles. The van der Waals surface area contributed by atoms with Crippen molar-refractivity contribution >= 4 is 127 Å². The maximum atomic E-state index is 12.1. The number of nitrogens with zero attached hydrogens (tertiary/aromatic N) is 12. The number of rotatable bonds is 25. The van der Waals surface area contributed by atoms with Gasteiger partial charge in [-0.1, -0.05) is 0 Å². The quantitative estimate of drug-likeness (QED) is 0.0231. The van der Waals surface area contributed by atoms with Gasteiger partial charge in [0, 0.05) is 62.2 Å². The number of fused-ring (bicyclic) bond motifs is 2. The zero-order chi connectivity index (χ0) is 54.2. The Balaban J connectivity index is 1.38. The normalized spacial score (nSPS) is 12.0. The monoisotopic (exact) mass is 1110 g/mol. The van der Waals surface area contributed by atoms with Gasteiger partial charge in [-0.15, -0.1) is 20.5 Å². The zero-order valence-electron chi connectivity index (χ0n) is 41.8. The lowest BCUT2D eigenvalue weighted by Gasteiger charge is -2.25. The van der Waals surface area contributed by atoms with Crippen molar-refractivity contribution in [3.63, 3.8) is 0 Å². The maximum Gasteiger partial charge on any atom is 0.298 e. The van der Waals surface area contributed by atoms with Gasteiger partial charge in [0.2, 0.25) is 17.8 Å². The number of anilines is 7. The summed E-state index contributed by atoms with van der Waals surface area (Å²) in [5.74, 6) is 0.699. The van der Waals surface area contributed by atoms with Crippen LogP contribution in [-0.4, -0.2) is 141 Å². The van der Waals surface area contributed by atoms with Crippen molar-refractivity contribution < 1.29 is 55.1 Å². The Hall–Kier alpha value is -7.19. The summed E-state index contributed by atoms with van der Waals surface area (Å²) in [5.41, 5.74) is 3.01. The summed E-state index contributed by atoms with van der Waals surface area (Å²) in [4.78, 5) is 19.1. The van der Waals surface area contributed by atoms with E-state index in [4.69, 9.17) is 33.9 Å².